The Hall–Kier alpha value is -2.45. The fraction of sp³-hybridized carbons (Fsp3) is 0. The lowest BCUT2D eigenvalue weighted by Gasteiger charge is -2.02. The van der Waals surface area contributed by atoms with Crippen LogP contribution in [-0.2, 0) is 0 Å². The van der Waals surface area contributed by atoms with E-state index in [2.05, 4.69) is 26.5 Å². The molecule has 0 spiro atoms. The van der Waals surface area contributed by atoms with Crippen LogP contribution in [0.5, 0.6) is 5.75 Å². The summed E-state index contributed by atoms with van der Waals surface area (Å²) < 4.78 is 0.396. The number of carbonyl (C=O) groups excluding carboxylic acids is 1. The largest absolute Gasteiger partial charge is 0.502 e. The Morgan fingerprint density at radius 1 is 1.35 bits per heavy atom. The van der Waals surface area contributed by atoms with E-state index >= 15 is 0 Å². The number of carbonyl (C=O) groups is 1. The molecular weight excluding hydrogens is 390 g/mol. The average molecular weight is 399 g/mol. The number of nitrogens with one attached hydrogen (secondary N) is 1. The fourth-order valence-electron chi connectivity index (χ4n) is 1.67. The Balaban J connectivity index is 2.16. The van der Waals surface area contributed by atoms with Crippen LogP contribution in [0, 0.1) is 10.1 Å². The number of rotatable bonds is 4. The molecule has 0 fully saturated rings. The van der Waals surface area contributed by atoms with Crippen LogP contribution in [0.4, 0.5) is 5.69 Å². The van der Waals surface area contributed by atoms with Crippen LogP contribution in [-0.4, -0.2) is 22.2 Å². The highest BCUT2D eigenvalue weighted by molar-refractivity contribution is 9.10. The number of nitro groups is 1. The van der Waals surface area contributed by atoms with Gasteiger partial charge in [-0.2, -0.15) is 5.10 Å². The number of hydrogen-bond acceptors (Lipinski definition) is 5. The van der Waals surface area contributed by atoms with E-state index in [0.717, 1.165) is 6.21 Å². The van der Waals surface area contributed by atoms with E-state index in [1.54, 1.807) is 12.1 Å². The van der Waals surface area contributed by atoms with Gasteiger partial charge in [0, 0.05) is 26.7 Å². The van der Waals surface area contributed by atoms with Crippen molar-refractivity contribution in [3.63, 3.8) is 0 Å². The average Bonchev–Trinajstić information content (AvgIpc) is 2.50. The molecule has 118 valence electrons. The topological polar surface area (TPSA) is 105 Å². The Labute approximate surface area is 143 Å². The summed E-state index contributed by atoms with van der Waals surface area (Å²) in [4.78, 5) is 21.9. The van der Waals surface area contributed by atoms with Crippen molar-refractivity contribution in [2.75, 3.05) is 0 Å². The van der Waals surface area contributed by atoms with E-state index in [1.807, 2.05) is 0 Å². The highest BCUT2D eigenvalue weighted by Crippen LogP contribution is 2.32. The minimum atomic E-state index is -0.719. The summed E-state index contributed by atoms with van der Waals surface area (Å²) in [7, 11) is 0. The number of aromatic hydroxyl groups is 1. The third-order valence-corrected chi connectivity index (χ3v) is 3.47. The fourth-order valence-corrected chi connectivity index (χ4v) is 2.26. The third kappa shape index (κ3) is 4.27. The Morgan fingerprint density at radius 2 is 2.00 bits per heavy atom. The van der Waals surface area contributed by atoms with E-state index in [4.69, 9.17) is 11.6 Å². The second-order valence-electron chi connectivity index (χ2n) is 4.33. The maximum absolute atomic E-state index is 11.8. The van der Waals surface area contributed by atoms with Crippen molar-refractivity contribution in [3.05, 3.63) is 67.1 Å². The highest BCUT2D eigenvalue weighted by atomic mass is 79.9. The molecule has 2 aromatic rings. The lowest BCUT2D eigenvalue weighted by atomic mass is 10.2. The molecule has 0 saturated carbocycles. The smallest absolute Gasteiger partial charge is 0.312 e. The van der Waals surface area contributed by atoms with Crippen LogP contribution in [0.2, 0.25) is 5.02 Å². The first-order chi connectivity index (χ1) is 10.9. The molecule has 0 radical (unpaired) electrons. The van der Waals surface area contributed by atoms with Crippen LogP contribution in [0.25, 0.3) is 0 Å². The summed E-state index contributed by atoms with van der Waals surface area (Å²) >= 11 is 8.83. The van der Waals surface area contributed by atoms with Gasteiger partial charge >= 0.3 is 5.69 Å². The van der Waals surface area contributed by atoms with Gasteiger partial charge in [-0.1, -0.05) is 27.5 Å². The van der Waals surface area contributed by atoms with E-state index in [9.17, 15) is 20.0 Å². The van der Waals surface area contributed by atoms with Crippen molar-refractivity contribution < 1.29 is 14.8 Å². The van der Waals surface area contributed by atoms with Gasteiger partial charge in [0.15, 0.2) is 0 Å². The number of nitro benzene ring substituents is 1. The summed E-state index contributed by atoms with van der Waals surface area (Å²) in [6.07, 6.45) is 1.11. The zero-order valence-electron chi connectivity index (χ0n) is 11.4. The van der Waals surface area contributed by atoms with Crippen LogP contribution in [0.1, 0.15) is 15.9 Å². The van der Waals surface area contributed by atoms with Gasteiger partial charge in [0.05, 0.1) is 11.1 Å². The number of halogens is 2. The third-order valence-electron chi connectivity index (χ3n) is 2.76. The highest BCUT2D eigenvalue weighted by Gasteiger charge is 2.17. The maximum Gasteiger partial charge on any atom is 0.312 e. The summed E-state index contributed by atoms with van der Waals surface area (Å²) in [6, 6.07) is 8.76. The molecule has 0 aliphatic carbocycles. The van der Waals surface area contributed by atoms with Crippen molar-refractivity contribution in [3.8, 4) is 5.75 Å². The summed E-state index contributed by atoms with van der Waals surface area (Å²) in [5.41, 5.74) is 2.21. The van der Waals surface area contributed by atoms with Gasteiger partial charge in [0.1, 0.15) is 0 Å². The maximum atomic E-state index is 11.8. The first kappa shape index (κ1) is 16.9. The zero-order chi connectivity index (χ0) is 17.0. The van der Waals surface area contributed by atoms with Gasteiger partial charge in [0.25, 0.3) is 5.91 Å². The molecule has 2 N–H and O–H groups in total. The number of benzene rings is 2. The molecule has 0 aromatic heterocycles. The molecule has 0 saturated heterocycles. The number of hydrogen-bond donors (Lipinski definition) is 2. The molecule has 0 aliphatic rings. The van der Waals surface area contributed by atoms with Crippen molar-refractivity contribution in [2.24, 2.45) is 5.10 Å². The van der Waals surface area contributed by atoms with Gasteiger partial charge in [-0.25, -0.2) is 5.43 Å². The summed E-state index contributed by atoms with van der Waals surface area (Å²) in [5, 5.41) is 24.8. The Kier molecular flexibility index (Phi) is 5.30. The second-order valence-corrected chi connectivity index (χ2v) is 5.68. The van der Waals surface area contributed by atoms with Crippen molar-refractivity contribution in [2.45, 2.75) is 0 Å². The standard InChI is InChI=1S/C14H9BrClN3O4/c15-10-5-9(13(20)12(6-10)19(22)23)7-17-18-14(21)8-1-3-11(16)4-2-8/h1-7,20H,(H,18,21). The van der Waals surface area contributed by atoms with E-state index < -0.39 is 22.3 Å². The van der Waals surface area contributed by atoms with Gasteiger partial charge < -0.3 is 5.11 Å². The number of phenols is 1. The molecule has 0 atom stereocenters. The molecule has 1 amide bonds. The molecule has 2 aromatic carbocycles. The number of hydrazone groups is 1. The van der Waals surface area contributed by atoms with Crippen molar-refractivity contribution in [1.82, 2.24) is 5.43 Å². The number of nitrogens with zero attached hydrogens (tertiary/aromatic N) is 2. The number of phenolic OH excluding ortho intramolecular Hbond substituents is 1. The molecule has 0 heterocycles. The van der Waals surface area contributed by atoms with Gasteiger partial charge in [-0.15, -0.1) is 0 Å². The monoisotopic (exact) mass is 397 g/mol. The first-order valence-electron chi connectivity index (χ1n) is 6.14. The second kappa shape index (κ2) is 7.21. The van der Waals surface area contributed by atoms with Gasteiger partial charge in [0.2, 0.25) is 5.75 Å². The van der Waals surface area contributed by atoms with E-state index in [1.165, 1.54) is 24.3 Å². The number of amides is 1. The zero-order valence-corrected chi connectivity index (χ0v) is 13.7. The lowest BCUT2D eigenvalue weighted by Crippen LogP contribution is -2.17. The van der Waals surface area contributed by atoms with Crippen LogP contribution >= 0.6 is 27.5 Å². The van der Waals surface area contributed by atoms with Crippen LogP contribution in [0.3, 0.4) is 0 Å². The minimum absolute atomic E-state index is 0.0856. The van der Waals surface area contributed by atoms with Crippen molar-refractivity contribution in [1.29, 1.82) is 0 Å². The molecule has 23 heavy (non-hydrogen) atoms. The Bertz CT molecular complexity index is 793. The molecule has 0 aliphatic heterocycles. The predicted molar refractivity (Wildman–Crippen MR) is 89.0 cm³/mol. The van der Waals surface area contributed by atoms with Crippen LogP contribution < -0.4 is 5.43 Å². The van der Waals surface area contributed by atoms with Gasteiger partial charge in [-0.05, 0) is 30.3 Å². The summed E-state index contributed by atoms with van der Waals surface area (Å²) in [6.45, 7) is 0. The Morgan fingerprint density at radius 3 is 2.61 bits per heavy atom. The van der Waals surface area contributed by atoms with Gasteiger partial charge in [-0.3, -0.25) is 14.9 Å². The molecule has 9 heteroatoms. The quantitative estimate of drug-likeness (QED) is 0.467. The molecule has 2 rings (SSSR count). The summed E-state index contributed by atoms with van der Waals surface area (Å²) in [5.74, 6) is -1.02. The molecule has 0 unspecified atom stereocenters. The predicted octanol–water partition coefficient (Wildman–Crippen LogP) is 3.48. The van der Waals surface area contributed by atoms with E-state index in [-0.39, 0.29) is 5.56 Å². The van der Waals surface area contributed by atoms with Crippen molar-refractivity contribution >= 4 is 45.3 Å². The molecule has 7 nitrogen and oxygen atoms in total. The normalized spacial score (nSPS) is 10.7. The molecular formula is C14H9BrClN3O4. The van der Waals surface area contributed by atoms with E-state index in [0.29, 0.717) is 15.1 Å². The SMILES string of the molecule is O=C(NN=Cc1cc(Br)cc([N+](=O)[O-])c1O)c1ccc(Cl)cc1. The first-order valence-corrected chi connectivity index (χ1v) is 7.31. The molecule has 0 bridgehead atoms. The lowest BCUT2D eigenvalue weighted by molar-refractivity contribution is -0.385. The minimum Gasteiger partial charge on any atom is -0.502 e. The van der Waals surface area contributed by atoms with Crippen LogP contribution in [0.15, 0.2) is 46.0 Å².